The van der Waals surface area contributed by atoms with E-state index in [0.717, 1.165) is 30.8 Å². The molecule has 1 aliphatic heterocycles. The highest BCUT2D eigenvalue weighted by molar-refractivity contribution is 6.05. The van der Waals surface area contributed by atoms with Gasteiger partial charge in [-0.25, -0.2) is 4.39 Å². The minimum absolute atomic E-state index is 0.160. The molecule has 1 fully saturated rings. The van der Waals surface area contributed by atoms with E-state index < -0.39 is 5.82 Å². The molecule has 3 atom stereocenters. The summed E-state index contributed by atoms with van der Waals surface area (Å²) in [4.78, 5) is 19.6. The Labute approximate surface area is 213 Å². The van der Waals surface area contributed by atoms with Crippen LogP contribution in [0.25, 0.3) is 0 Å². The first-order valence-electron chi connectivity index (χ1n) is 12.3. The number of rotatable bonds is 7. The van der Waals surface area contributed by atoms with Crippen molar-refractivity contribution >= 4 is 11.6 Å². The monoisotopic (exact) mass is 487 g/mol. The Balaban J connectivity index is 1.72. The first-order chi connectivity index (χ1) is 17.3. The minimum Gasteiger partial charge on any atom is -0.508 e. The lowest BCUT2D eigenvalue weighted by molar-refractivity contribution is 0.0306. The summed E-state index contributed by atoms with van der Waals surface area (Å²) in [6.07, 6.45) is 1.94. The number of aromatic hydroxyl groups is 1. The maximum Gasteiger partial charge on any atom is 0.258 e. The molecule has 1 N–H and O–H groups in total. The third kappa shape index (κ3) is 5.35. The Bertz CT molecular complexity index is 1230. The lowest BCUT2D eigenvalue weighted by atomic mass is 9.92. The molecule has 1 aliphatic rings. The summed E-state index contributed by atoms with van der Waals surface area (Å²) < 4.78 is 14.4. The molecule has 4 rings (SSSR count). The number of hydrogen-bond acceptors (Lipinski definition) is 4. The molecular formula is C30H34FN3O2. The van der Waals surface area contributed by atoms with Gasteiger partial charge in [-0.2, -0.15) is 0 Å². The summed E-state index contributed by atoms with van der Waals surface area (Å²) in [6, 6.07) is 21.5. The highest BCUT2D eigenvalue weighted by Crippen LogP contribution is 2.35. The second-order valence-electron chi connectivity index (χ2n) is 9.58. The van der Waals surface area contributed by atoms with Crippen molar-refractivity contribution in [2.75, 3.05) is 31.6 Å². The third-order valence-electron chi connectivity index (χ3n) is 7.01. The average Bonchev–Trinajstić information content (AvgIpc) is 2.87. The van der Waals surface area contributed by atoms with Gasteiger partial charge in [0, 0.05) is 44.3 Å². The van der Waals surface area contributed by atoms with Gasteiger partial charge in [0.15, 0.2) is 0 Å². The van der Waals surface area contributed by atoms with Crippen LogP contribution >= 0.6 is 0 Å². The average molecular weight is 488 g/mol. The van der Waals surface area contributed by atoms with E-state index in [9.17, 15) is 14.3 Å². The number of carbonyl (C=O) groups excluding carboxylic acids is 1. The molecule has 0 aromatic heterocycles. The molecule has 1 saturated heterocycles. The molecule has 1 heterocycles. The van der Waals surface area contributed by atoms with E-state index in [1.807, 2.05) is 36.4 Å². The summed E-state index contributed by atoms with van der Waals surface area (Å²) in [5.74, 6) is -0.522. The van der Waals surface area contributed by atoms with Crippen molar-refractivity contribution in [3.8, 4) is 5.75 Å². The van der Waals surface area contributed by atoms with Crippen LogP contribution in [-0.2, 0) is 0 Å². The molecule has 0 saturated carbocycles. The van der Waals surface area contributed by atoms with E-state index >= 15 is 0 Å². The highest BCUT2D eigenvalue weighted by Gasteiger charge is 2.34. The number of phenolic OH excluding ortho intramolecular Hbond substituents is 1. The predicted molar refractivity (Wildman–Crippen MR) is 143 cm³/mol. The van der Waals surface area contributed by atoms with Gasteiger partial charge in [0.1, 0.15) is 11.6 Å². The van der Waals surface area contributed by atoms with E-state index in [2.05, 4.69) is 30.2 Å². The summed E-state index contributed by atoms with van der Waals surface area (Å²) in [6.45, 7) is 10.9. The third-order valence-corrected chi connectivity index (χ3v) is 7.01. The molecule has 1 amide bonds. The van der Waals surface area contributed by atoms with Gasteiger partial charge in [-0.1, -0.05) is 42.5 Å². The van der Waals surface area contributed by atoms with Crippen molar-refractivity contribution < 1.29 is 14.3 Å². The van der Waals surface area contributed by atoms with E-state index in [0.29, 0.717) is 11.6 Å². The number of amides is 1. The SMILES string of the molecule is C=CCN1CC(C)N(C(c2cccc(O)c2)c2cccc(C(=O)N(C)c3ccccc3F)c2)CC1C. The lowest BCUT2D eigenvalue weighted by Gasteiger charge is -2.47. The van der Waals surface area contributed by atoms with Gasteiger partial charge >= 0.3 is 0 Å². The number of anilines is 1. The fourth-order valence-corrected chi connectivity index (χ4v) is 5.14. The maximum absolute atomic E-state index is 14.4. The molecule has 5 nitrogen and oxygen atoms in total. The number of para-hydroxylation sites is 1. The summed E-state index contributed by atoms with van der Waals surface area (Å²) in [5, 5.41) is 10.3. The molecule has 3 aromatic carbocycles. The van der Waals surface area contributed by atoms with Gasteiger partial charge in [-0.15, -0.1) is 6.58 Å². The summed E-state index contributed by atoms with van der Waals surface area (Å²) in [7, 11) is 1.59. The molecule has 36 heavy (non-hydrogen) atoms. The molecule has 188 valence electrons. The first kappa shape index (κ1) is 25.6. The molecule has 0 bridgehead atoms. The molecule has 0 aliphatic carbocycles. The van der Waals surface area contributed by atoms with Crippen LogP contribution in [0.5, 0.6) is 5.75 Å². The normalized spacial score (nSPS) is 19.6. The Morgan fingerprint density at radius 2 is 1.75 bits per heavy atom. The largest absolute Gasteiger partial charge is 0.508 e. The molecule has 3 aromatic rings. The fourth-order valence-electron chi connectivity index (χ4n) is 5.14. The highest BCUT2D eigenvalue weighted by atomic mass is 19.1. The van der Waals surface area contributed by atoms with Crippen molar-refractivity contribution in [3.63, 3.8) is 0 Å². The summed E-state index contributed by atoms with van der Waals surface area (Å²) >= 11 is 0. The Morgan fingerprint density at radius 1 is 1.06 bits per heavy atom. The minimum atomic E-state index is -0.442. The van der Waals surface area contributed by atoms with E-state index in [1.54, 1.807) is 43.4 Å². The molecule has 6 heteroatoms. The first-order valence-corrected chi connectivity index (χ1v) is 12.3. The Morgan fingerprint density at radius 3 is 2.44 bits per heavy atom. The smallest absolute Gasteiger partial charge is 0.258 e. The van der Waals surface area contributed by atoms with Crippen LogP contribution in [0.3, 0.4) is 0 Å². The van der Waals surface area contributed by atoms with Gasteiger partial charge in [0.25, 0.3) is 5.91 Å². The standard InChI is InChI=1S/C30H34FN3O2/c1-5-16-33-19-22(3)34(20-21(33)2)29(24-11-9-13-26(35)18-24)23-10-8-12-25(17-23)30(36)32(4)28-15-7-6-14-27(28)31/h5-15,17-18,21-22,29,35H,1,16,19-20H2,2-4H3. The number of hydrogen-bond donors (Lipinski definition) is 1. The number of halogens is 1. The second kappa shape index (κ2) is 11.1. The number of phenols is 1. The van der Waals surface area contributed by atoms with Crippen LogP contribution in [0.15, 0.2) is 85.5 Å². The van der Waals surface area contributed by atoms with Crippen molar-refractivity contribution in [2.24, 2.45) is 0 Å². The quantitative estimate of drug-likeness (QED) is 0.449. The zero-order valence-electron chi connectivity index (χ0n) is 21.1. The van der Waals surface area contributed by atoms with Crippen molar-refractivity contribution in [1.82, 2.24) is 9.80 Å². The van der Waals surface area contributed by atoms with Crippen molar-refractivity contribution in [1.29, 1.82) is 0 Å². The number of piperazine rings is 1. The zero-order valence-corrected chi connectivity index (χ0v) is 21.1. The molecule has 0 spiro atoms. The van der Waals surface area contributed by atoms with Crippen molar-refractivity contribution in [3.05, 3.63) is 108 Å². The van der Waals surface area contributed by atoms with Crippen LogP contribution in [0.4, 0.5) is 10.1 Å². The van der Waals surface area contributed by atoms with E-state index in [1.165, 1.54) is 11.0 Å². The summed E-state index contributed by atoms with van der Waals surface area (Å²) in [5.41, 5.74) is 2.62. The molecule has 3 unspecified atom stereocenters. The predicted octanol–water partition coefficient (Wildman–Crippen LogP) is 5.48. The van der Waals surface area contributed by atoms with Crippen molar-refractivity contribution in [2.45, 2.75) is 32.0 Å². The van der Waals surface area contributed by atoms with Gasteiger partial charge < -0.3 is 10.0 Å². The van der Waals surface area contributed by atoms with Crippen LogP contribution in [-0.4, -0.2) is 59.6 Å². The van der Waals surface area contributed by atoms with Gasteiger partial charge in [-0.3, -0.25) is 14.6 Å². The zero-order chi connectivity index (χ0) is 25.8. The second-order valence-corrected chi connectivity index (χ2v) is 9.58. The number of nitrogens with zero attached hydrogens (tertiary/aromatic N) is 3. The van der Waals surface area contributed by atoms with Gasteiger partial charge in [0.2, 0.25) is 0 Å². The maximum atomic E-state index is 14.4. The Kier molecular flexibility index (Phi) is 7.87. The van der Waals surface area contributed by atoms with Gasteiger partial charge in [0.05, 0.1) is 11.7 Å². The lowest BCUT2D eigenvalue weighted by Crippen LogP contribution is -2.57. The van der Waals surface area contributed by atoms with E-state index in [4.69, 9.17) is 0 Å². The van der Waals surface area contributed by atoms with Gasteiger partial charge in [-0.05, 0) is 61.4 Å². The molecule has 0 radical (unpaired) electrons. The Hall–Kier alpha value is -3.48. The van der Waals surface area contributed by atoms with Crippen LogP contribution in [0.2, 0.25) is 0 Å². The number of carbonyl (C=O) groups is 1. The van der Waals surface area contributed by atoms with Crippen LogP contribution in [0, 0.1) is 5.82 Å². The fraction of sp³-hybridized carbons (Fsp3) is 0.300. The topological polar surface area (TPSA) is 47.0 Å². The van der Waals surface area contributed by atoms with E-state index in [-0.39, 0.29) is 29.4 Å². The van der Waals surface area contributed by atoms with Crippen LogP contribution < -0.4 is 4.90 Å². The molecular weight excluding hydrogens is 453 g/mol. The van der Waals surface area contributed by atoms with Crippen LogP contribution in [0.1, 0.15) is 41.4 Å². The number of benzene rings is 3.